The van der Waals surface area contributed by atoms with Crippen LogP contribution in [0.3, 0.4) is 0 Å². The smallest absolute Gasteiger partial charge is 0.343 e. The third kappa shape index (κ3) is 17.1. The van der Waals surface area contributed by atoms with Crippen LogP contribution in [0.5, 0.6) is 11.5 Å². The number of hydrogen-bond acceptors (Lipinski definition) is 6. The number of unbranched alkanes of at least 4 members (excludes halogenated alkanes) is 12. The summed E-state index contributed by atoms with van der Waals surface area (Å²) < 4.78 is 22.6. The maximum Gasteiger partial charge on any atom is 0.343 e. The Kier molecular flexibility index (Phi) is 19.9. The molecule has 6 heteroatoms. The number of carbonyl (C=O) groups is 2. The molecule has 0 aliphatic rings. The Morgan fingerprint density at radius 2 is 1.05 bits per heavy atom. The molecular formula is C37H56O6. The van der Waals surface area contributed by atoms with Gasteiger partial charge in [-0.05, 0) is 87.6 Å². The van der Waals surface area contributed by atoms with E-state index in [1.165, 1.54) is 64.2 Å². The van der Waals surface area contributed by atoms with Crippen LogP contribution < -0.4 is 9.47 Å². The van der Waals surface area contributed by atoms with E-state index in [9.17, 15) is 9.59 Å². The van der Waals surface area contributed by atoms with Crippen molar-refractivity contribution in [3.63, 3.8) is 0 Å². The molecule has 0 heterocycles. The summed E-state index contributed by atoms with van der Waals surface area (Å²) in [5.41, 5.74) is 0.873. The molecule has 2 rings (SSSR count). The summed E-state index contributed by atoms with van der Waals surface area (Å²) in [6.45, 7) is 8.52. The van der Waals surface area contributed by atoms with Crippen LogP contribution in [0, 0.1) is 0 Å². The summed E-state index contributed by atoms with van der Waals surface area (Å²) in [4.78, 5) is 24.9. The Balaban J connectivity index is 1.57. The summed E-state index contributed by atoms with van der Waals surface area (Å²) in [6, 6.07) is 13.4. The predicted molar refractivity (Wildman–Crippen MR) is 174 cm³/mol. The van der Waals surface area contributed by atoms with Crippen LogP contribution in [0.2, 0.25) is 0 Å². The van der Waals surface area contributed by atoms with Crippen LogP contribution in [0.15, 0.2) is 48.5 Å². The lowest BCUT2D eigenvalue weighted by Gasteiger charge is -2.13. The van der Waals surface area contributed by atoms with Crippen molar-refractivity contribution in [2.24, 2.45) is 0 Å². The molecule has 0 amide bonds. The molecule has 0 aromatic heterocycles. The van der Waals surface area contributed by atoms with Crippen LogP contribution in [0.4, 0.5) is 0 Å². The van der Waals surface area contributed by atoms with E-state index in [1.54, 1.807) is 48.5 Å². The summed E-state index contributed by atoms with van der Waals surface area (Å²) in [5.74, 6) is 0.290. The van der Waals surface area contributed by atoms with Crippen molar-refractivity contribution in [3.8, 4) is 11.5 Å². The fourth-order valence-electron chi connectivity index (χ4n) is 4.79. The lowest BCUT2D eigenvalue weighted by molar-refractivity contribution is 0.0476. The maximum atomic E-state index is 12.5. The van der Waals surface area contributed by atoms with Gasteiger partial charge in [-0.15, -0.1) is 0 Å². The van der Waals surface area contributed by atoms with E-state index in [-0.39, 0.29) is 12.1 Å². The average molecular weight is 597 g/mol. The van der Waals surface area contributed by atoms with Gasteiger partial charge < -0.3 is 18.9 Å². The van der Waals surface area contributed by atoms with E-state index in [0.717, 1.165) is 50.9 Å². The van der Waals surface area contributed by atoms with Crippen LogP contribution in [0.25, 0.3) is 0 Å². The molecule has 0 N–H and O–H groups in total. The molecule has 2 aromatic carbocycles. The van der Waals surface area contributed by atoms with Gasteiger partial charge in [-0.1, -0.05) is 84.5 Å². The van der Waals surface area contributed by atoms with E-state index < -0.39 is 5.97 Å². The van der Waals surface area contributed by atoms with Crippen LogP contribution in [-0.4, -0.2) is 37.9 Å². The van der Waals surface area contributed by atoms with E-state index in [4.69, 9.17) is 18.9 Å². The Labute approximate surface area is 260 Å². The highest BCUT2D eigenvalue weighted by atomic mass is 16.5. The number of benzene rings is 2. The highest BCUT2D eigenvalue weighted by Crippen LogP contribution is 2.18. The first-order valence-corrected chi connectivity index (χ1v) is 16.9. The van der Waals surface area contributed by atoms with Crippen LogP contribution >= 0.6 is 0 Å². The molecule has 0 spiro atoms. The van der Waals surface area contributed by atoms with Crippen molar-refractivity contribution in [3.05, 3.63) is 59.7 Å². The first-order valence-electron chi connectivity index (χ1n) is 16.9. The number of hydrogen-bond donors (Lipinski definition) is 0. The lowest BCUT2D eigenvalue weighted by atomic mass is 10.1. The topological polar surface area (TPSA) is 71.1 Å². The number of carbonyl (C=O) groups excluding carboxylic acids is 2. The van der Waals surface area contributed by atoms with Crippen molar-refractivity contribution in [1.29, 1.82) is 0 Å². The van der Waals surface area contributed by atoms with Gasteiger partial charge in [0.1, 0.15) is 11.5 Å². The zero-order chi connectivity index (χ0) is 31.0. The first kappa shape index (κ1) is 36.3. The molecular weight excluding hydrogens is 540 g/mol. The second-order valence-corrected chi connectivity index (χ2v) is 11.5. The minimum absolute atomic E-state index is 0.277. The van der Waals surface area contributed by atoms with Gasteiger partial charge in [-0.3, -0.25) is 0 Å². The second-order valence-electron chi connectivity index (χ2n) is 11.5. The van der Waals surface area contributed by atoms with E-state index in [2.05, 4.69) is 20.8 Å². The standard InChI is InChI=1S/C37H56O6/c1-4-6-8-10-12-16-28-40-31(3)19-15-14-18-30-42-36(38)32-22-26-35(27-23-32)43-37(39)33-20-24-34(25-21-33)41-29-17-13-11-9-7-5-2/h20-27,31H,4-19,28-30H2,1-3H3. The minimum atomic E-state index is -0.458. The molecule has 0 saturated carbocycles. The van der Waals surface area contributed by atoms with E-state index in [0.29, 0.717) is 30.1 Å². The number of rotatable bonds is 25. The summed E-state index contributed by atoms with van der Waals surface area (Å²) >= 11 is 0. The molecule has 6 nitrogen and oxygen atoms in total. The van der Waals surface area contributed by atoms with Gasteiger partial charge in [0, 0.05) is 6.61 Å². The number of esters is 2. The van der Waals surface area contributed by atoms with Gasteiger partial charge >= 0.3 is 11.9 Å². The van der Waals surface area contributed by atoms with E-state index >= 15 is 0 Å². The largest absolute Gasteiger partial charge is 0.494 e. The second kappa shape index (κ2) is 23.6. The monoisotopic (exact) mass is 596 g/mol. The molecule has 1 unspecified atom stereocenters. The highest BCUT2D eigenvalue weighted by Gasteiger charge is 2.11. The normalized spacial score (nSPS) is 11.7. The molecule has 43 heavy (non-hydrogen) atoms. The SMILES string of the molecule is CCCCCCCCOc1ccc(C(=O)Oc2ccc(C(=O)OCCCCCC(C)OCCCCCCCC)cc2)cc1. The molecule has 0 bridgehead atoms. The third-order valence-corrected chi connectivity index (χ3v) is 7.55. The maximum absolute atomic E-state index is 12.5. The molecule has 240 valence electrons. The fraction of sp³-hybridized carbons (Fsp3) is 0.622. The highest BCUT2D eigenvalue weighted by molar-refractivity contribution is 5.92. The molecule has 1 atom stereocenters. The quantitative estimate of drug-likeness (QED) is 0.0645. The zero-order valence-electron chi connectivity index (χ0n) is 27.1. The number of ether oxygens (including phenoxy) is 4. The van der Waals surface area contributed by atoms with E-state index in [1.807, 2.05) is 0 Å². The molecule has 0 saturated heterocycles. The Hall–Kier alpha value is -2.86. The van der Waals surface area contributed by atoms with Crippen molar-refractivity contribution in [2.45, 2.75) is 130 Å². The van der Waals surface area contributed by atoms with Gasteiger partial charge in [0.15, 0.2) is 0 Å². The Morgan fingerprint density at radius 3 is 1.67 bits per heavy atom. The average Bonchev–Trinajstić information content (AvgIpc) is 3.02. The summed E-state index contributed by atoms with van der Waals surface area (Å²) in [6.07, 6.45) is 19.2. The van der Waals surface area contributed by atoms with Crippen LogP contribution in [0.1, 0.15) is 144 Å². The van der Waals surface area contributed by atoms with Crippen molar-refractivity contribution < 1.29 is 28.5 Å². The van der Waals surface area contributed by atoms with Crippen LogP contribution in [-0.2, 0) is 9.47 Å². The zero-order valence-corrected chi connectivity index (χ0v) is 27.1. The predicted octanol–water partition coefficient (Wildman–Crippen LogP) is 10.1. The van der Waals surface area contributed by atoms with Crippen molar-refractivity contribution in [2.75, 3.05) is 19.8 Å². The summed E-state index contributed by atoms with van der Waals surface area (Å²) in [5, 5.41) is 0. The van der Waals surface area contributed by atoms with Gasteiger partial charge in [-0.25, -0.2) is 9.59 Å². The molecule has 0 radical (unpaired) electrons. The third-order valence-electron chi connectivity index (χ3n) is 7.55. The van der Waals surface area contributed by atoms with Crippen molar-refractivity contribution in [1.82, 2.24) is 0 Å². The van der Waals surface area contributed by atoms with Crippen molar-refractivity contribution >= 4 is 11.9 Å². The van der Waals surface area contributed by atoms with Gasteiger partial charge in [0.05, 0.1) is 30.4 Å². The minimum Gasteiger partial charge on any atom is -0.494 e. The van der Waals surface area contributed by atoms with Gasteiger partial charge in [0.25, 0.3) is 0 Å². The molecule has 2 aromatic rings. The molecule has 0 aliphatic carbocycles. The lowest BCUT2D eigenvalue weighted by Crippen LogP contribution is -2.10. The Bertz CT molecular complexity index is 985. The fourth-order valence-corrected chi connectivity index (χ4v) is 4.79. The van der Waals surface area contributed by atoms with Gasteiger partial charge in [-0.2, -0.15) is 0 Å². The molecule has 0 fully saturated rings. The summed E-state index contributed by atoms with van der Waals surface area (Å²) in [7, 11) is 0. The molecule has 0 aliphatic heterocycles. The van der Waals surface area contributed by atoms with Gasteiger partial charge in [0.2, 0.25) is 0 Å². The first-order chi connectivity index (χ1) is 21.0. The Morgan fingerprint density at radius 1 is 0.558 bits per heavy atom.